The molecule has 0 spiro atoms. The summed E-state index contributed by atoms with van der Waals surface area (Å²) in [6.07, 6.45) is 5.16. The van der Waals surface area contributed by atoms with E-state index in [-0.39, 0.29) is 120 Å². The molecular weight excluding hydrogens is 1040 g/mol. The smallest absolute Gasteiger partial charge is 0.326 e. The highest BCUT2D eigenvalue weighted by atomic mass is 16.4. The van der Waals surface area contributed by atoms with E-state index in [1.165, 1.54) is 0 Å². The van der Waals surface area contributed by atoms with Crippen molar-refractivity contribution in [2.24, 2.45) is 72.5 Å². The van der Waals surface area contributed by atoms with Gasteiger partial charge in [0.2, 0.25) is 47.3 Å². The number of hydrogen-bond donors (Lipinski definition) is 19. The predicted molar refractivity (Wildman–Crippen MR) is 303 cm³/mol. The minimum Gasteiger partial charge on any atom is -0.480 e. The van der Waals surface area contributed by atoms with Crippen LogP contribution < -0.4 is 99.5 Å². The summed E-state index contributed by atoms with van der Waals surface area (Å²) in [5.41, 5.74) is 50.1. The molecule has 9 atom stereocenters. The molecule has 80 heavy (non-hydrogen) atoms. The van der Waals surface area contributed by atoms with Gasteiger partial charge in [-0.3, -0.25) is 53.3 Å². The fraction of sp³-hybridized carbons (Fsp3) is 0.755. The number of rotatable bonds is 43. The second kappa shape index (κ2) is 41.0. The molecule has 0 bridgehead atoms. The first-order chi connectivity index (χ1) is 38.1. The Morgan fingerprint density at radius 3 is 1.23 bits per heavy atom. The molecule has 1 saturated heterocycles. The topological polar surface area (TPSA) is 553 Å². The first-order valence-corrected chi connectivity index (χ1v) is 27.7. The molecular formula is C49H95N21O10. The van der Waals surface area contributed by atoms with Gasteiger partial charge in [0.1, 0.15) is 42.3 Å². The Balaban J connectivity index is 3.49. The maximum atomic E-state index is 14.4. The molecule has 28 N–H and O–H groups in total. The van der Waals surface area contributed by atoms with Crippen molar-refractivity contribution in [3.63, 3.8) is 0 Å². The van der Waals surface area contributed by atoms with Crippen LogP contribution in [0.2, 0.25) is 0 Å². The first-order valence-electron chi connectivity index (χ1n) is 27.7. The third-order valence-corrected chi connectivity index (χ3v) is 13.1. The summed E-state index contributed by atoms with van der Waals surface area (Å²) >= 11 is 0. The largest absolute Gasteiger partial charge is 0.480 e. The Labute approximate surface area is 468 Å². The lowest BCUT2D eigenvalue weighted by molar-refractivity contribution is -0.142. The molecule has 1 fully saturated rings. The Morgan fingerprint density at radius 1 is 0.500 bits per heavy atom. The van der Waals surface area contributed by atoms with Crippen molar-refractivity contribution >= 4 is 71.1 Å². The number of carboxylic acid groups (broad SMARTS) is 1. The average Bonchev–Trinajstić information content (AvgIpc) is 3.96. The first kappa shape index (κ1) is 70.9. The lowest BCUT2D eigenvalue weighted by atomic mass is 9.97. The Morgan fingerprint density at radius 2 is 0.863 bits per heavy atom. The number of nitrogens with zero attached hydrogens (tertiary/aromatic N) is 3. The van der Waals surface area contributed by atoms with Crippen LogP contribution in [0.4, 0.5) is 0 Å². The van der Waals surface area contributed by atoms with Gasteiger partial charge in [-0.2, -0.15) is 0 Å². The van der Waals surface area contributed by atoms with Gasteiger partial charge < -0.3 is 105 Å². The predicted octanol–water partition coefficient (Wildman–Crippen LogP) is -6.07. The number of nitrogens with one attached hydrogen (secondary N) is 9. The van der Waals surface area contributed by atoms with Crippen molar-refractivity contribution in [3.8, 4) is 0 Å². The van der Waals surface area contributed by atoms with Gasteiger partial charge in [0.05, 0.1) is 12.6 Å². The summed E-state index contributed by atoms with van der Waals surface area (Å²) in [6.45, 7) is 4.70. The minimum absolute atomic E-state index is 0.0220. The molecule has 456 valence electrons. The number of aliphatic carboxylic acids is 1. The quantitative estimate of drug-likeness (QED) is 0.0153. The molecule has 0 aromatic carbocycles. The number of nitrogens with two attached hydrogens (primary N) is 9. The maximum Gasteiger partial charge on any atom is 0.326 e. The number of carbonyl (C=O) groups excluding carboxylic acids is 8. The number of amides is 8. The standard InChI is InChI=1S/C49H95N21O10/c1-3-29(2)38(70-40(73)30-17-10-24-59-30)45(78)68-35(20-13-27-62-49(57)58)44(77)67-34(15-5-8-22-51)43(76)66-33(14-4-7-21-50)42(75)65-31(18-11-25-60-47(53)54)39(72)63-28-37(71)64-32(19-12-26-61-48(55)56)41(74)69-36(46(79)80)16-6-9-23-52/h29-36,38,59H,3-28,50-52H2,1-2H3,(H,63,72)(H,64,71)(H,65,75)(H,66,76)(H,67,77)(H,68,78)(H,69,74)(H,70,73)(H,79,80)(H4,53,54,60)(H4,55,56,61)(H4,57,58,62)/t29-,30-,31-,32-,33-,34-,35-,36-,38-/m0/s1. The van der Waals surface area contributed by atoms with E-state index in [0.29, 0.717) is 64.5 Å². The Kier molecular flexibility index (Phi) is 36.3. The highest BCUT2D eigenvalue weighted by Crippen LogP contribution is 2.14. The Bertz CT molecular complexity index is 2030. The van der Waals surface area contributed by atoms with Crippen LogP contribution in [0.5, 0.6) is 0 Å². The summed E-state index contributed by atoms with van der Waals surface area (Å²) < 4.78 is 0. The zero-order valence-electron chi connectivity index (χ0n) is 46.7. The lowest BCUT2D eigenvalue weighted by Gasteiger charge is -2.29. The van der Waals surface area contributed by atoms with Gasteiger partial charge in [-0.05, 0) is 141 Å². The summed E-state index contributed by atoms with van der Waals surface area (Å²) in [5.74, 6) is -7.98. The zero-order valence-corrected chi connectivity index (χ0v) is 46.7. The number of carbonyl (C=O) groups is 9. The van der Waals surface area contributed by atoms with E-state index >= 15 is 0 Å². The van der Waals surface area contributed by atoms with Crippen molar-refractivity contribution in [3.05, 3.63) is 0 Å². The summed E-state index contributed by atoms with van der Waals surface area (Å²) in [6, 6.07) is -9.18. The molecule has 0 aromatic rings. The maximum absolute atomic E-state index is 14.4. The summed E-state index contributed by atoms with van der Waals surface area (Å²) in [7, 11) is 0. The lowest BCUT2D eigenvalue weighted by Crippen LogP contribution is -2.60. The second-order valence-electron chi connectivity index (χ2n) is 19.7. The highest BCUT2D eigenvalue weighted by molar-refractivity contribution is 5.97. The fourth-order valence-electron chi connectivity index (χ4n) is 8.34. The van der Waals surface area contributed by atoms with Gasteiger partial charge in [0.15, 0.2) is 17.9 Å². The molecule has 0 saturated carbocycles. The molecule has 0 aromatic heterocycles. The van der Waals surface area contributed by atoms with Gasteiger partial charge in [0.25, 0.3) is 0 Å². The van der Waals surface area contributed by atoms with Gasteiger partial charge in [0, 0.05) is 19.6 Å². The molecule has 1 aliphatic heterocycles. The van der Waals surface area contributed by atoms with Gasteiger partial charge in [-0.25, -0.2) is 4.79 Å². The summed E-state index contributed by atoms with van der Waals surface area (Å²) in [4.78, 5) is 135. The van der Waals surface area contributed by atoms with Crippen LogP contribution in [0, 0.1) is 5.92 Å². The van der Waals surface area contributed by atoms with Crippen LogP contribution in [0.3, 0.4) is 0 Å². The zero-order chi connectivity index (χ0) is 60.0. The number of guanidine groups is 3. The summed E-state index contributed by atoms with van der Waals surface area (Å²) in [5, 5.41) is 34.1. The Hall–Kier alpha value is -7.12. The van der Waals surface area contributed by atoms with E-state index in [1.807, 2.05) is 6.92 Å². The number of unbranched alkanes of at least 4 members (excludes halogenated alkanes) is 3. The van der Waals surface area contributed by atoms with Crippen LogP contribution in [-0.4, -0.2) is 177 Å². The highest BCUT2D eigenvalue weighted by Gasteiger charge is 2.35. The van der Waals surface area contributed by atoms with Crippen molar-refractivity contribution in [1.29, 1.82) is 0 Å². The van der Waals surface area contributed by atoms with Crippen molar-refractivity contribution < 1.29 is 48.3 Å². The van der Waals surface area contributed by atoms with E-state index in [0.717, 1.165) is 6.42 Å². The average molecular weight is 1140 g/mol. The SMILES string of the molecule is CC[C@H](C)[C@H](NC(=O)[C@@H]1CCCN1)C(=O)N[C@@H](CCCN=C(N)N)C(=O)N[C@@H](CCCCN)C(=O)N[C@@H](CCCCN)C(=O)N[C@@H](CCCN=C(N)N)C(=O)NCC(=O)N[C@@H](CCCN=C(N)N)C(=O)N[C@@H](CCCCN)C(=O)O. The number of carboxylic acids is 1. The molecule has 0 radical (unpaired) electrons. The van der Waals surface area contributed by atoms with Crippen molar-refractivity contribution in [2.45, 2.75) is 178 Å². The second-order valence-corrected chi connectivity index (χ2v) is 19.7. The molecule has 1 heterocycles. The van der Waals surface area contributed by atoms with Crippen LogP contribution in [0.15, 0.2) is 15.0 Å². The molecule has 31 heteroatoms. The third-order valence-electron chi connectivity index (χ3n) is 13.1. The molecule has 31 nitrogen and oxygen atoms in total. The van der Waals surface area contributed by atoms with E-state index in [1.54, 1.807) is 6.92 Å². The van der Waals surface area contributed by atoms with Crippen LogP contribution in [-0.2, 0) is 43.2 Å². The van der Waals surface area contributed by atoms with Crippen LogP contribution in [0.1, 0.15) is 129 Å². The van der Waals surface area contributed by atoms with E-state index in [4.69, 9.17) is 51.6 Å². The van der Waals surface area contributed by atoms with E-state index < -0.39 is 102 Å². The minimum atomic E-state index is -1.34. The number of hydrogen-bond acceptors (Lipinski definition) is 16. The fourth-order valence-corrected chi connectivity index (χ4v) is 8.34. The van der Waals surface area contributed by atoms with E-state index in [2.05, 4.69) is 62.8 Å². The third kappa shape index (κ3) is 30.3. The molecule has 1 aliphatic rings. The van der Waals surface area contributed by atoms with Gasteiger partial charge >= 0.3 is 5.97 Å². The van der Waals surface area contributed by atoms with Gasteiger partial charge in [-0.1, -0.05) is 20.3 Å². The normalized spacial score (nSPS) is 15.8. The molecule has 8 amide bonds. The molecule has 0 unspecified atom stereocenters. The van der Waals surface area contributed by atoms with Gasteiger partial charge in [-0.15, -0.1) is 0 Å². The monoisotopic (exact) mass is 1140 g/mol. The van der Waals surface area contributed by atoms with Crippen LogP contribution in [0.25, 0.3) is 0 Å². The van der Waals surface area contributed by atoms with Crippen molar-refractivity contribution in [1.82, 2.24) is 47.9 Å². The molecule has 0 aliphatic carbocycles. The van der Waals surface area contributed by atoms with Crippen molar-refractivity contribution in [2.75, 3.05) is 52.4 Å². The number of aliphatic imine (C=N–C) groups is 3. The van der Waals surface area contributed by atoms with Crippen LogP contribution >= 0.6 is 0 Å². The molecule has 1 rings (SSSR count). The van der Waals surface area contributed by atoms with E-state index in [9.17, 15) is 48.3 Å².